The largest absolute Gasteiger partial charge is 0.424 e. The van der Waals surface area contributed by atoms with Crippen molar-refractivity contribution in [2.24, 2.45) is 0 Å². The van der Waals surface area contributed by atoms with Gasteiger partial charge in [0.2, 0.25) is 0 Å². The monoisotopic (exact) mass is 434 g/mol. The molecule has 26 heavy (non-hydrogen) atoms. The van der Waals surface area contributed by atoms with E-state index >= 15 is 0 Å². The lowest BCUT2D eigenvalue weighted by atomic mass is 10.0. The molecule has 0 atom stereocenters. The molecule has 0 aliphatic rings. The summed E-state index contributed by atoms with van der Waals surface area (Å²) in [5, 5.41) is -0.0379. The summed E-state index contributed by atoms with van der Waals surface area (Å²) in [4.78, 5) is 34.8. The number of ether oxygens (including phenoxy) is 2. The molecule has 0 aromatic heterocycles. The zero-order chi connectivity index (χ0) is 19.6. The highest BCUT2D eigenvalue weighted by Crippen LogP contribution is 2.37. The van der Waals surface area contributed by atoms with Gasteiger partial charge < -0.3 is 9.47 Å². The standard InChI is InChI=1S/C17H10Cl4O5/c1-7(22)25-16-11(18)3-9(4-12(16)19)15(24)10-5-13(20)17(14(21)6-10)26-8(2)23/h3-6H,1-2H3. The normalized spacial score (nSPS) is 10.4. The molecule has 0 saturated carbocycles. The number of benzene rings is 2. The number of ketones is 1. The third-order valence-electron chi connectivity index (χ3n) is 3.01. The minimum atomic E-state index is -0.604. The van der Waals surface area contributed by atoms with Crippen LogP contribution >= 0.6 is 46.4 Å². The van der Waals surface area contributed by atoms with Crippen LogP contribution in [0.1, 0.15) is 29.8 Å². The molecule has 0 aliphatic carbocycles. The van der Waals surface area contributed by atoms with Gasteiger partial charge in [0.25, 0.3) is 0 Å². The van der Waals surface area contributed by atoms with E-state index in [1.54, 1.807) is 0 Å². The predicted molar refractivity (Wildman–Crippen MR) is 99.0 cm³/mol. The molecule has 0 N–H and O–H groups in total. The fraction of sp³-hybridized carbons (Fsp3) is 0.118. The van der Waals surface area contributed by atoms with Gasteiger partial charge in [-0.05, 0) is 24.3 Å². The molecule has 2 rings (SSSR count). The molecule has 136 valence electrons. The number of carbonyl (C=O) groups excluding carboxylic acids is 3. The summed E-state index contributed by atoms with van der Waals surface area (Å²) in [6.45, 7) is 2.39. The van der Waals surface area contributed by atoms with Crippen molar-refractivity contribution in [1.29, 1.82) is 0 Å². The van der Waals surface area contributed by atoms with Crippen LogP contribution in [0.25, 0.3) is 0 Å². The van der Waals surface area contributed by atoms with Crippen LogP contribution in [-0.4, -0.2) is 17.7 Å². The van der Waals surface area contributed by atoms with Crippen molar-refractivity contribution in [3.05, 3.63) is 55.5 Å². The predicted octanol–water partition coefficient (Wildman–Crippen LogP) is 5.38. The first-order valence-corrected chi connectivity index (χ1v) is 8.51. The number of esters is 2. The highest BCUT2D eigenvalue weighted by atomic mass is 35.5. The number of hydrogen-bond acceptors (Lipinski definition) is 5. The van der Waals surface area contributed by atoms with Gasteiger partial charge in [-0.15, -0.1) is 0 Å². The van der Waals surface area contributed by atoms with Gasteiger partial charge in [0.1, 0.15) is 0 Å². The zero-order valence-electron chi connectivity index (χ0n) is 13.4. The van der Waals surface area contributed by atoms with Gasteiger partial charge in [-0.3, -0.25) is 14.4 Å². The van der Waals surface area contributed by atoms with Gasteiger partial charge in [-0.25, -0.2) is 0 Å². The summed E-state index contributed by atoms with van der Waals surface area (Å²) in [5.74, 6) is -1.78. The number of hydrogen-bond donors (Lipinski definition) is 0. The van der Waals surface area contributed by atoms with Crippen LogP contribution in [0.2, 0.25) is 20.1 Å². The van der Waals surface area contributed by atoms with Gasteiger partial charge in [0.15, 0.2) is 17.3 Å². The molecule has 0 unspecified atom stereocenters. The highest BCUT2D eigenvalue weighted by Gasteiger charge is 2.20. The van der Waals surface area contributed by atoms with E-state index in [-0.39, 0.29) is 42.7 Å². The zero-order valence-corrected chi connectivity index (χ0v) is 16.4. The van der Waals surface area contributed by atoms with Crippen molar-refractivity contribution in [2.75, 3.05) is 0 Å². The second-order valence-electron chi connectivity index (χ2n) is 5.05. The molecule has 5 nitrogen and oxygen atoms in total. The smallest absolute Gasteiger partial charge is 0.308 e. The van der Waals surface area contributed by atoms with E-state index < -0.39 is 17.7 Å². The van der Waals surface area contributed by atoms with E-state index in [4.69, 9.17) is 55.9 Å². The lowest BCUT2D eigenvalue weighted by Gasteiger charge is -2.11. The Morgan fingerprint density at radius 2 is 0.923 bits per heavy atom. The van der Waals surface area contributed by atoms with Crippen molar-refractivity contribution in [2.45, 2.75) is 13.8 Å². The fourth-order valence-electron chi connectivity index (χ4n) is 2.03. The molecule has 0 spiro atoms. The minimum absolute atomic E-state index is 0.00947. The van der Waals surface area contributed by atoms with Gasteiger partial charge in [-0.2, -0.15) is 0 Å². The molecule has 0 heterocycles. The van der Waals surface area contributed by atoms with Crippen molar-refractivity contribution < 1.29 is 23.9 Å². The Balaban J connectivity index is 2.43. The Morgan fingerprint density at radius 1 is 0.654 bits per heavy atom. The molecular weight excluding hydrogens is 426 g/mol. The van der Waals surface area contributed by atoms with Crippen molar-refractivity contribution in [3.63, 3.8) is 0 Å². The quantitative estimate of drug-likeness (QED) is 0.366. The molecule has 0 bridgehead atoms. The van der Waals surface area contributed by atoms with Crippen LogP contribution in [0, 0.1) is 0 Å². The first kappa shape index (κ1) is 20.5. The molecule has 0 saturated heterocycles. The highest BCUT2D eigenvalue weighted by molar-refractivity contribution is 6.39. The minimum Gasteiger partial charge on any atom is -0.424 e. The van der Waals surface area contributed by atoms with Crippen LogP contribution < -0.4 is 9.47 Å². The van der Waals surface area contributed by atoms with E-state index in [9.17, 15) is 14.4 Å². The first-order valence-electron chi connectivity index (χ1n) is 6.99. The Morgan fingerprint density at radius 3 is 1.15 bits per heavy atom. The van der Waals surface area contributed by atoms with E-state index in [0.717, 1.165) is 0 Å². The van der Waals surface area contributed by atoms with Crippen LogP contribution in [0.4, 0.5) is 0 Å². The van der Waals surface area contributed by atoms with Gasteiger partial charge in [-0.1, -0.05) is 46.4 Å². The van der Waals surface area contributed by atoms with E-state index in [1.165, 1.54) is 38.1 Å². The maximum Gasteiger partial charge on any atom is 0.308 e. The topological polar surface area (TPSA) is 69.7 Å². The SMILES string of the molecule is CC(=O)Oc1c(Cl)cc(C(=O)c2cc(Cl)c(OC(C)=O)c(Cl)c2)cc1Cl. The Bertz CT molecular complexity index is 804. The molecule has 0 fully saturated rings. The number of rotatable bonds is 4. The second-order valence-corrected chi connectivity index (χ2v) is 6.68. The summed E-state index contributed by atoms with van der Waals surface area (Å²) in [5.41, 5.74) is 0.256. The van der Waals surface area contributed by atoms with Gasteiger partial charge >= 0.3 is 11.9 Å². The summed E-state index contributed by atoms with van der Waals surface area (Å²) >= 11 is 24.1. The Hall–Kier alpha value is -1.79. The molecule has 0 radical (unpaired) electrons. The molecule has 0 amide bonds. The van der Waals surface area contributed by atoms with Crippen LogP contribution in [0.3, 0.4) is 0 Å². The average Bonchev–Trinajstić information content (AvgIpc) is 2.52. The number of carbonyl (C=O) groups is 3. The summed E-state index contributed by atoms with van der Waals surface area (Å²) in [6.07, 6.45) is 0. The third kappa shape index (κ3) is 4.68. The molecular formula is C17H10Cl4O5. The molecule has 2 aromatic carbocycles. The van der Waals surface area contributed by atoms with Crippen LogP contribution in [0.15, 0.2) is 24.3 Å². The lowest BCUT2D eigenvalue weighted by molar-refractivity contribution is -0.132. The second kappa shape index (κ2) is 8.27. The van der Waals surface area contributed by atoms with E-state index in [1.807, 2.05) is 0 Å². The lowest BCUT2D eigenvalue weighted by Crippen LogP contribution is -2.07. The van der Waals surface area contributed by atoms with Crippen LogP contribution in [0.5, 0.6) is 11.5 Å². The van der Waals surface area contributed by atoms with Gasteiger partial charge in [0, 0.05) is 25.0 Å². The Kier molecular flexibility index (Phi) is 6.53. The van der Waals surface area contributed by atoms with E-state index in [0.29, 0.717) is 0 Å². The molecule has 2 aromatic rings. The Labute approximate surface area is 168 Å². The maximum absolute atomic E-state index is 12.7. The average molecular weight is 436 g/mol. The van der Waals surface area contributed by atoms with E-state index in [2.05, 4.69) is 0 Å². The molecule has 9 heteroatoms. The van der Waals surface area contributed by atoms with Crippen molar-refractivity contribution in [1.82, 2.24) is 0 Å². The fourth-order valence-corrected chi connectivity index (χ4v) is 3.16. The van der Waals surface area contributed by atoms with Gasteiger partial charge in [0.05, 0.1) is 20.1 Å². The van der Waals surface area contributed by atoms with Crippen molar-refractivity contribution in [3.8, 4) is 11.5 Å². The third-order valence-corrected chi connectivity index (χ3v) is 4.14. The first-order chi connectivity index (χ1) is 12.1. The summed E-state index contributed by atoms with van der Waals surface area (Å²) < 4.78 is 9.80. The summed E-state index contributed by atoms with van der Waals surface area (Å²) in [6, 6.07) is 5.21. The maximum atomic E-state index is 12.7. The number of halogens is 4. The van der Waals surface area contributed by atoms with Crippen molar-refractivity contribution >= 4 is 64.1 Å². The summed E-state index contributed by atoms with van der Waals surface area (Å²) in [7, 11) is 0. The molecule has 0 aliphatic heterocycles. The van der Waals surface area contributed by atoms with Crippen LogP contribution in [-0.2, 0) is 9.59 Å².